The van der Waals surface area contributed by atoms with Crippen molar-refractivity contribution in [1.29, 1.82) is 0 Å². The van der Waals surface area contributed by atoms with Crippen molar-refractivity contribution < 1.29 is 19.0 Å². The predicted octanol–water partition coefficient (Wildman–Crippen LogP) is 4.48. The van der Waals surface area contributed by atoms with Crippen LogP contribution in [0.15, 0.2) is 38.8 Å². The summed E-state index contributed by atoms with van der Waals surface area (Å²) in [5.74, 6) is 0.749. The highest BCUT2D eigenvalue weighted by atomic mass is 32.1. The van der Waals surface area contributed by atoms with Crippen molar-refractivity contribution in [2.45, 2.75) is 78.2 Å². The SMILES string of the molecule is CN=C(OC)c1sc2c(c1C)c(=O)n(C(C)(C)C(=O)N1CCCCC1)c(=O)n2CC(OC(C)C)c1ccccc1OC. The van der Waals surface area contributed by atoms with Crippen molar-refractivity contribution >= 4 is 33.4 Å². The number of benzene rings is 1. The summed E-state index contributed by atoms with van der Waals surface area (Å²) in [5, 5.41) is 0.357. The first-order valence-corrected chi connectivity index (χ1v) is 15.2. The van der Waals surface area contributed by atoms with Gasteiger partial charge in [-0.2, -0.15) is 0 Å². The lowest BCUT2D eigenvalue weighted by Gasteiger charge is -2.35. The third-order valence-corrected chi connectivity index (χ3v) is 9.10. The Morgan fingerprint density at radius 3 is 2.36 bits per heavy atom. The fourth-order valence-corrected chi connectivity index (χ4v) is 7.03. The zero-order valence-electron chi connectivity index (χ0n) is 25.9. The Bertz CT molecular complexity index is 1590. The van der Waals surface area contributed by atoms with Crippen LogP contribution in [0, 0.1) is 6.92 Å². The van der Waals surface area contributed by atoms with E-state index in [1.54, 1.807) is 37.5 Å². The number of aryl methyl sites for hydroxylation is 1. The molecule has 1 saturated heterocycles. The van der Waals surface area contributed by atoms with Gasteiger partial charge in [-0.25, -0.2) is 9.36 Å². The summed E-state index contributed by atoms with van der Waals surface area (Å²) in [6.07, 6.45) is 2.11. The van der Waals surface area contributed by atoms with Crippen LogP contribution >= 0.6 is 11.3 Å². The Balaban J connectivity index is 2.02. The van der Waals surface area contributed by atoms with Crippen molar-refractivity contribution in [1.82, 2.24) is 14.0 Å². The standard InChI is InChI=1S/C31H42N4O6S/c1-19(2)41-23(21-14-10-11-15-22(21)39-7)18-34-28-24(20(3)25(42-28)26(32-6)40-8)27(36)35(30(34)38)31(4,5)29(37)33-16-12-9-13-17-33/h10-11,14-15,19,23H,9,12-13,16-18H2,1-8H3. The number of nitrogens with zero attached hydrogens (tertiary/aromatic N) is 4. The van der Waals surface area contributed by atoms with Gasteiger partial charge >= 0.3 is 5.69 Å². The Morgan fingerprint density at radius 1 is 1.10 bits per heavy atom. The van der Waals surface area contributed by atoms with E-state index in [1.165, 1.54) is 18.4 Å². The Morgan fingerprint density at radius 2 is 1.76 bits per heavy atom. The Kier molecular flexibility index (Phi) is 9.62. The maximum Gasteiger partial charge on any atom is 0.333 e. The van der Waals surface area contributed by atoms with E-state index in [-0.39, 0.29) is 18.6 Å². The fourth-order valence-electron chi connectivity index (χ4n) is 5.71. The molecule has 1 aliphatic rings. The molecule has 0 N–H and O–H groups in total. The number of amides is 1. The largest absolute Gasteiger partial charge is 0.496 e. The smallest absolute Gasteiger partial charge is 0.333 e. The van der Waals surface area contributed by atoms with Crippen LogP contribution in [-0.2, 0) is 26.4 Å². The summed E-state index contributed by atoms with van der Waals surface area (Å²) in [5.41, 5.74) is -1.08. The minimum Gasteiger partial charge on any atom is -0.496 e. The summed E-state index contributed by atoms with van der Waals surface area (Å²) in [6, 6.07) is 7.52. The number of carbonyl (C=O) groups is 1. The van der Waals surface area contributed by atoms with Crippen LogP contribution in [0.3, 0.4) is 0 Å². The van der Waals surface area contributed by atoms with E-state index in [4.69, 9.17) is 14.2 Å². The van der Waals surface area contributed by atoms with Gasteiger partial charge in [0.15, 0.2) is 0 Å². The number of fused-ring (bicyclic) bond motifs is 1. The van der Waals surface area contributed by atoms with Crippen molar-refractivity contribution in [3.63, 3.8) is 0 Å². The molecule has 0 aliphatic carbocycles. The quantitative estimate of drug-likeness (QED) is 0.266. The van der Waals surface area contributed by atoms with Crippen LogP contribution in [0.1, 0.15) is 69.1 Å². The third kappa shape index (κ3) is 5.76. The van der Waals surface area contributed by atoms with Crippen molar-refractivity contribution in [2.75, 3.05) is 34.4 Å². The number of aliphatic imine (C=N–C) groups is 1. The van der Waals surface area contributed by atoms with Gasteiger partial charge in [0.25, 0.3) is 5.56 Å². The van der Waals surface area contributed by atoms with Crippen LogP contribution < -0.4 is 16.0 Å². The lowest BCUT2D eigenvalue weighted by molar-refractivity contribution is -0.140. The Labute approximate surface area is 250 Å². The van der Waals surface area contributed by atoms with E-state index in [0.29, 0.717) is 45.4 Å². The highest BCUT2D eigenvalue weighted by Crippen LogP contribution is 2.34. The molecule has 1 atom stereocenters. The van der Waals surface area contributed by atoms with E-state index in [1.807, 2.05) is 45.0 Å². The topological polar surface area (TPSA) is 104 Å². The molecule has 0 spiro atoms. The lowest BCUT2D eigenvalue weighted by Crippen LogP contribution is -2.57. The molecule has 2 aromatic heterocycles. The average Bonchev–Trinajstić information content (AvgIpc) is 3.31. The lowest BCUT2D eigenvalue weighted by atomic mass is 10.00. The number of hydrogen-bond acceptors (Lipinski definition) is 8. The zero-order chi connectivity index (χ0) is 30.8. The number of likely N-dealkylation sites (tertiary alicyclic amines) is 1. The van der Waals surface area contributed by atoms with Crippen molar-refractivity contribution in [3.8, 4) is 5.75 Å². The molecule has 1 unspecified atom stereocenters. The molecule has 11 heteroatoms. The maximum absolute atomic E-state index is 14.5. The van der Waals surface area contributed by atoms with Gasteiger partial charge in [-0.05, 0) is 65.5 Å². The number of carbonyl (C=O) groups excluding carboxylic acids is 1. The van der Waals surface area contributed by atoms with Crippen LogP contribution in [0.4, 0.5) is 0 Å². The van der Waals surface area contributed by atoms with Crippen molar-refractivity contribution in [2.24, 2.45) is 4.99 Å². The summed E-state index contributed by atoms with van der Waals surface area (Å²) < 4.78 is 20.2. The molecule has 3 aromatic rings. The molecule has 1 aromatic carbocycles. The van der Waals surface area contributed by atoms with Gasteiger partial charge in [0.05, 0.1) is 37.1 Å². The van der Waals surface area contributed by atoms with Gasteiger partial charge in [0, 0.05) is 25.7 Å². The number of hydrogen-bond donors (Lipinski definition) is 0. The van der Waals surface area contributed by atoms with Crippen molar-refractivity contribution in [3.05, 3.63) is 61.1 Å². The minimum atomic E-state index is -1.42. The molecular formula is C31H42N4O6S. The van der Waals surface area contributed by atoms with Gasteiger partial charge in [0.1, 0.15) is 22.2 Å². The number of piperidine rings is 1. The predicted molar refractivity (Wildman–Crippen MR) is 166 cm³/mol. The second-order valence-corrected chi connectivity index (χ2v) is 12.3. The molecule has 3 heterocycles. The molecule has 4 rings (SSSR count). The normalized spacial score (nSPS) is 15.4. The van der Waals surface area contributed by atoms with E-state index >= 15 is 0 Å². The molecule has 1 fully saturated rings. The zero-order valence-corrected chi connectivity index (χ0v) is 26.7. The summed E-state index contributed by atoms with van der Waals surface area (Å²) in [4.78, 5) is 49.8. The van der Waals surface area contributed by atoms with Gasteiger partial charge in [-0.3, -0.25) is 19.1 Å². The molecule has 10 nitrogen and oxygen atoms in total. The first-order valence-electron chi connectivity index (χ1n) is 14.4. The highest BCUT2D eigenvalue weighted by Gasteiger charge is 2.39. The molecule has 0 bridgehead atoms. The van der Waals surface area contributed by atoms with Gasteiger partial charge in [-0.1, -0.05) is 18.2 Å². The fraction of sp³-hybridized carbons (Fsp3) is 0.548. The van der Waals surface area contributed by atoms with Gasteiger partial charge in [0.2, 0.25) is 11.8 Å². The molecule has 1 amide bonds. The highest BCUT2D eigenvalue weighted by molar-refractivity contribution is 7.20. The number of para-hydroxylation sites is 1. The average molecular weight is 599 g/mol. The van der Waals surface area contributed by atoms with E-state index in [2.05, 4.69) is 4.99 Å². The van der Waals surface area contributed by atoms with Crippen LogP contribution in [-0.4, -0.2) is 66.3 Å². The second kappa shape index (κ2) is 12.8. The number of ether oxygens (including phenoxy) is 3. The Hall–Kier alpha value is -3.44. The van der Waals surface area contributed by atoms with E-state index < -0.39 is 22.9 Å². The molecule has 0 radical (unpaired) electrons. The van der Waals surface area contributed by atoms with E-state index in [0.717, 1.165) is 29.4 Å². The van der Waals surface area contributed by atoms with Crippen LogP contribution in [0.25, 0.3) is 10.2 Å². The number of aromatic nitrogens is 2. The van der Waals surface area contributed by atoms with E-state index in [9.17, 15) is 14.4 Å². The summed E-state index contributed by atoms with van der Waals surface area (Å²) >= 11 is 1.27. The number of thiophene rings is 1. The summed E-state index contributed by atoms with van der Waals surface area (Å²) in [6.45, 7) is 10.3. The monoisotopic (exact) mass is 598 g/mol. The first kappa shape index (κ1) is 31.5. The maximum atomic E-state index is 14.5. The number of methoxy groups -OCH3 is 2. The third-order valence-electron chi connectivity index (χ3n) is 7.80. The van der Waals surface area contributed by atoms with Gasteiger partial charge < -0.3 is 19.1 Å². The molecule has 42 heavy (non-hydrogen) atoms. The molecular weight excluding hydrogens is 556 g/mol. The van der Waals surface area contributed by atoms with Gasteiger partial charge in [-0.15, -0.1) is 11.3 Å². The first-order chi connectivity index (χ1) is 20.0. The minimum absolute atomic E-state index is 0.0904. The molecule has 1 aliphatic heterocycles. The number of rotatable bonds is 9. The molecule has 228 valence electrons. The second-order valence-electron chi connectivity index (χ2n) is 11.3. The van der Waals surface area contributed by atoms with Crippen LogP contribution in [0.2, 0.25) is 0 Å². The molecule has 0 saturated carbocycles. The summed E-state index contributed by atoms with van der Waals surface area (Å²) in [7, 11) is 4.73. The van der Waals surface area contributed by atoms with Crippen LogP contribution in [0.5, 0.6) is 5.75 Å².